The Hall–Kier alpha value is -1.20. The number of likely N-dealkylation sites (tertiary alicyclic amines) is 1. The molecule has 3 rings (SSSR count). The van der Waals surface area contributed by atoms with Gasteiger partial charge < -0.3 is 15.0 Å². The minimum atomic E-state index is 0.289. The molecule has 0 aromatic heterocycles. The van der Waals surface area contributed by atoms with E-state index in [2.05, 4.69) is 51.8 Å². The molecule has 0 aliphatic carbocycles. The molecule has 2 aliphatic rings. The third-order valence-corrected chi connectivity index (χ3v) is 6.99. The number of nitrogens with zero attached hydrogens (tertiary/aromatic N) is 2. The van der Waals surface area contributed by atoms with Crippen LogP contribution >= 0.6 is 11.8 Å². The molecule has 1 atom stereocenters. The summed E-state index contributed by atoms with van der Waals surface area (Å²) in [6.07, 6.45) is 6.88. The van der Waals surface area contributed by atoms with Gasteiger partial charge in [0.05, 0.1) is 0 Å². The van der Waals surface area contributed by atoms with Crippen LogP contribution in [0.4, 0.5) is 0 Å². The maximum absolute atomic E-state index is 5.55. The van der Waals surface area contributed by atoms with E-state index in [9.17, 15) is 0 Å². The predicted molar refractivity (Wildman–Crippen MR) is 107 cm³/mol. The first-order valence-electron chi connectivity index (χ1n) is 9.37. The van der Waals surface area contributed by atoms with Gasteiger partial charge in [0.25, 0.3) is 0 Å². The fourth-order valence-corrected chi connectivity index (χ4v) is 4.70. The molecule has 2 saturated heterocycles. The highest BCUT2D eigenvalue weighted by atomic mass is 32.2. The Balaban J connectivity index is 1.52. The second kappa shape index (κ2) is 8.95. The molecular weight excluding hydrogens is 330 g/mol. The van der Waals surface area contributed by atoms with Gasteiger partial charge in [0, 0.05) is 44.6 Å². The molecule has 0 radical (unpaired) electrons. The van der Waals surface area contributed by atoms with Gasteiger partial charge in [-0.15, -0.1) is 0 Å². The average molecular weight is 362 g/mol. The molecule has 25 heavy (non-hydrogen) atoms. The summed E-state index contributed by atoms with van der Waals surface area (Å²) in [6, 6.07) is 10.8. The standard InChI is InChI=1S/C20H31N3OS/c1-21-19(22-16-20(25-2)9-12-24-13-10-20)23-11-8-18(15-23)14-17-6-4-3-5-7-17/h3-7,18H,8-16H2,1-2H3,(H,21,22). The number of thioether (sulfide) groups is 1. The number of nitrogens with one attached hydrogen (secondary N) is 1. The molecule has 1 aromatic rings. The summed E-state index contributed by atoms with van der Waals surface area (Å²) in [5, 5.41) is 3.66. The topological polar surface area (TPSA) is 36.9 Å². The van der Waals surface area contributed by atoms with E-state index in [0.717, 1.165) is 57.6 Å². The molecule has 0 bridgehead atoms. The zero-order valence-corrected chi connectivity index (χ0v) is 16.4. The van der Waals surface area contributed by atoms with Gasteiger partial charge in [0.1, 0.15) is 0 Å². The second-order valence-corrected chi connectivity index (χ2v) is 8.46. The van der Waals surface area contributed by atoms with Crippen molar-refractivity contribution in [3.8, 4) is 0 Å². The molecule has 2 heterocycles. The average Bonchev–Trinajstić information content (AvgIpc) is 3.12. The van der Waals surface area contributed by atoms with E-state index in [-0.39, 0.29) is 4.75 Å². The van der Waals surface area contributed by atoms with Gasteiger partial charge in [-0.25, -0.2) is 0 Å². The van der Waals surface area contributed by atoms with Gasteiger partial charge >= 0.3 is 0 Å². The molecule has 4 nitrogen and oxygen atoms in total. The van der Waals surface area contributed by atoms with Crippen LogP contribution in [-0.2, 0) is 11.2 Å². The quantitative estimate of drug-likeness (QED) is 0.646. The highest BCUT2D eigenvalue weighted by molar-refractivity contribution is 8.00. The van der Waals surface area contributed by atoms with E-state index in [1.165, 1.54) is 18.4 Å². The van der Waals surface area contributed by atoms with Crippen LogP contribution in [0.15, 0.2) is 35.3 Å². The van der Waals surface area contributed by atoms with E-state index < -0.39 is 0 Å². The molecule has 2 aliphatic heterocycles. The third kappa shape index (κ3) is 4.91. The SMILES string of the molecule is CN=C(NCC1(SC)CCOCC1)N1CCC(Cc2ccccc2)C1. The number of hydrogen-bond donors (Lipinski definition) is 1. The van der Waals surface area contributed by atoms with E-state index in [4.69, 9.17) is 4.74 Å². The number of rotatable bonds is 5. The van der Waals surface area contributed by atoms with E-state index in [1.807, 2.05) is 18.8 Å². The van der Waals surface area contributed by atoms with Crippen molar-refractivity contribution in [3.05, 3.63) is 35.9 Å². The van der Waals surface area contributed by atoms with Gasteiger partial charge in [-0.1, -0.05) is 30.3 Å². The maximum Gasteiger partial charge on any atom is 0.193 e. The molecule has 0 spiro atoms. The van der Waals surface area contributed by atoms with Gasteiger partial charge in [-0.2, -0.15) is 11.8 Å². The minimum Gasteiger partial charge on any atom is -0.381 e. The molecule has 5 heteroatoms. The Morgan fingerprint density at radius 3 is 2.76 bits per heavy atom. The highest BCUT2D eigenvalue weighted by Gasteiger charge is 2.33. The van der Waals surface area contributed by atoms with Crippen LogP contribution < -0.4 is 5.32 Å². The number of ether oxygens (including phenoxy) is 1. The first-order valence-corrected chi connectivity index (χ1v) is 10.6. The van der Waals surface area contributed by atoms with Gasteiger partial charge in [0.15, 0.2) is 5.96 Å². The third-order valence-electron chi connectivity index (χ3n) is 5.57. The summed E-state index contributed by atoms with van der Waals surface area (Å²) >= 11 is 1.97. The van der Waals surface area contributed by atoms with Crippen molar-refractivity contribution >= 4 is 17.7 Å². The lowest BCUT2D eigenvalue weighted by atomic mass is 9.99. The molecule has 1 aromatic carbocycles. The van der Waals surface area contributed by atoms with Crippen molar-refractivity contribution in [1.29, 1.82) is 0 Å². The lowest BCUT2D eigenvalue weighted by Gasteiger charge is -2.37. The fraction of sp³-hybridized carbons (Fsp3) is 0.650. The Bertz CT molecular complexity index is 557. The summed E-state index contributed by atoms with van der Waals surface area (Å²) < 4.78 is 5.84. The van der Waals surface area contributed by atoms with Crippen LogP contribution in [-0.4, -0.2) is 61.8 Å². The highest BCUT2D eigenvalue weighted by Crippen LogP contribution is 2.33. The molecule has 1 N–H and O–H groups in total. The largest absolute Gasteiger partial charge is 0.381 e. The van der Waals surface area contributed by atoms with Crippen molar-refractivity contribution < 1.29 is 4.74 Å². The van der Waals surface area contributed by atoms with E-state index >= 15 is 0 Å². The second-order valence-electron chi connectivity index (χ2n) is 7.19. The van der Waals surface area contributed by atoms with Crippen LogP contribution in [0.1, 0.15) is 24.8 Å². The van der Waals surface area contributed by atoms with Gasteiger partial charge in [-0.05, 0) is 43.4 Å². The number of guanidine groups is 1. The minimum absolute atomic E-state index is 0.289. The summed E-state index contributed by atoms with van der Waals surface area (Å²) in [5.74, 6) is 1.79. The van der Waals surface area contributed by atoms with Crippen molar-refractivity contribution in [3.63, 3.8) is 0 Å². The first kappa shape index (κ1) is 18.6. The lowest BCUT2D eigenvalue weighted by molar-refractivity contribution is 0.0781. The van der Waals surface area contributed by atoms with Gasteiger partial charge in [0.2, 0.25) is 0 Å². The Morgan fingerprint density at radius 1 is 1.32 bits per heavy atom. The number of aliphatic imine (C=N–C) groups is 1. The van der Waals surface area contributed by atoms with Crippen molar-refractivity contribution in [1.82, 2.24) is 10.2 Å². The molecule has 138 valence electrons. The zero-order chi connectivity index (χ0) is 17.5. The summed E-state index contributed by atoms with van der Waals surface area (Å²) in [5.41, 5.74) is 1.45. The molecule has 0 saturated carbocycles. The normalized spacial score (nSPS) is 23.7. The van der Waals surface area contributed by atoms with Crippen LogP contribution in [0, 0.1) is 5.92 Å². The van der Waals surface area contributed by atoms with Crippen molar-refractivity contribution in [2.24, 2.45) is 10.9 Å². The predicted octanol–water partition coefficient (Wildman–Crippen LogP) is 3.04. The van der Waals surface area contributed by atoms with Crippen molar-refractivity contribution in [2.75, 3.05) is 46.2 Å². The molecule has 1 unspecified atom stereocenters. The summed E-state index contributed by atoms with van der Waals surface area (Å²) in [4.78, 5) is 6.98. The lowest BCUT2D eigenvalue weighted by Crippen LogP contribution is -2.48. The smallest absolute Gasteiger partial charge is 0.193 e. The Kier molecular flexibility index (Phi) is 6.65. The Labute approximate surface area is 156 Å². The van der Waals surface area contributed by atoms with Crippen LogP contribution in [0.3, 0.4) is 0 Å². The maximum atomic E-state index is 5.55. The fourth-order valence-electron chi connectivity index (χ4n) is 3.91. The molecule has 0 amide bonds. The Morgan fingerprint density at radius 2 is 2.08 bits per heavy atom. The van der Waals surface area contributed by atoms with Gasteiger partial charge in [-0.3, -0.25) is 4.99 Å². The number of benzene rings is 1. The van der Waals surface area contributed by atoms with E-state index in [0.29, 0.717) is 0 Å². The van der Waals surface area contributed by atoms with Crippen molar-refractivity contribution in [2.45, 2.75) is 30.4 Å². The summed E-state index contributed by atoms with van der Waals surface area (Å²) in [7, 11) is 1.91. The van der Waals surface area contributed by atoms with Crippen LogP contribution in [0.2, 0.25) is 0 Å². The summed E-state index contributed by atoms with van der Waals surface area (Å²) in [6.45, 7) is 4.94. The molecular formula is C20H31N3OS. The monoisotopic (exact) mass is 361 g/mol. The van der Waals surface area contributed by atoms with Crippen LogP contribution in [0.25, 0.3) is 0 Å². The zero-order valence-electron chi connectivity index (χ0n) is 15.5. The van der Waals surface area contributed by atoms with Crippen LogP contribution in [0.5, 0.6) is 0 Å². The van der Waals surface area contributed by atoms with E-state index in [1.54, 1.807) is 0 Å². The molecule has 2 fully saturated rings. The first-order chi connectivity index (χ1) is 12.2. The number of hydrogen-bond acceptors (Lipinski definition) is 3.